The summed E-state index contributed by atoms with van der Waals surface area (Å²) < 4.78 is 5.12. The minimum Gasteiger partial charge on any atom is -0.408 e. The number of benzene rings is 1. The Morgan fingerprint density at radius 3 is 2.89 bits per heavy atom. The zero-order valence-corrected chi connectivity index (χ0v) is 12.4. The Morgan fingerprint density at radius 1 is 1.32 bits per heavy atom. The molecule has 102 valence electrons. The highest BCUT2D eigenvalue weighted by Crippen LogP contribution is 2.36. The lowest BCUT2D eigenvalue weighted by atomic mass is 9.85. The van der Waals surface area contributed by atoms with Gasteiger partial charge in [0.25, 0.3) is 0 Å². The van der Waals surface area contributed by atoms with Gasteiger partial charge in [0.2, 0.25) is 0 Å². The summed E-state index contributed by atoms with van der Waals surface area (Å²) in [5, 5.41) is 0. The van der Waals surface area contributed by atoms with Gasteiger partial charge in [-0.15, -0.1) is 0 Å². The molecular formula is C15H18BrNO2. The number of halogens is 1. The minimum absolute atomic E-state index is 0.347. The third kappa shape index (κ3) is 2.94. The molecule has 1 N–H and O–H groups in total. The van der Waals surface area contributed by atoms with Gasteiger partial charge in [-0.1, -0.05) is 54.1 Å². The van der Waals surface area contributed by atoms with Crippen molar-refractivity contribution in [3.8, 4) is 0 Å². The standard InChI is InChI=1S/C15H18BrNO2/c16-12(8-10-4-2-1-3-5-10)11-6-7-13-14(9-11)19-15(18)17-13/h6-7,9-10,12H,1-5,8H2,(H,17,18). The van der Waals surface area contributed by atoms with Crippen molar-refractivity contribution in [1.82, 2.24) is 4.98 Å². The molecular weight excluding hydrogens is 306 g/mol. The van der Waals surface area contributed by atoms with E-state index >= 15 is 0 Å². The number of alkyl halides is 1. The largest absolute Gasteiger partial charge is 0.417 e. The molecule has 1 aromatic heterocycles. The summed E-state index contributed by atoms with van der Waals surface area (Å²) in [6, 6.07) is 5.95. The molecule has 0 bridgehead atoms. The van der Waals surface area contributed by atoms with Crippen molar-refractivity contribution >= 4 is 27.0 Å². The predicted octanol–water partition coefficient (Wildman–Crippen LogP) is 4.53. The molecule has 0 spiro atoms. The van der Waals surface area contributed by atoms with E-state index in [9.17, 15) is 4.79 Å². The summed E-state index contributed by atoms with van der Waals surface area (Å²) >= 11 is 3.78. The molecule has 0 amide bonds. The second-order valence-corrected chi connectivity index (χ2v) is 6.58. The Hall–Kier alpha value is -1.03. The van der Waals surface area contributed by atoms with Crippen molar-refractivity contribution in [2.45, 2.75) is 43.4 Å². The summed E-state index contributed by atoms with van der Waals surface area (Å²) in [5.41, 5.74) is 2.61. The van der Waals surface area contributed by atoms with Crippen LogP contribution in [0.5, 0.6) is 0 Å². The Kier molecular flexibility index (Phi) is 3.78. The number of oxazole rings is 1. The lowest BCUT2D eigenvalue weighted by molar-refractivity contribution is 0.338. The maximum atomic E-state index is 11.2. The maximum Gasteiger partial charge on any atom is 0.417 e. The van der Waals surface area contributed by atoms with Gasteiger partial charge in [0.05, 0.1) is 5.52 Å². The SMILES string of the molecule is O=c1[nH]c2ccc(C(Br)CC3CCCCC3)cc2o1. The number of aromatic nitrogens is 1. The molecule has 1 aromatic carbocycles. The Morgan fingerprint density at radius 2 is 2.11 bits per heavy atom. The molecule has 1 heterocycles. The van der Waals surface area contributed by atoms with E-state index in [2.05, 4.69) is 27.0 Å². The fourth-order valence-corrected chi connectivity index (χ4v) is 3.82. The van der Waals surface area contributed by atoms with Crippen LogP contribution >= 0.6 is 15.9 Å². The van der Waals surface area contributed by atoms with Crippen molar-refractivity contribution < 1.29 is 4.42 Å². The molecule has 2 aromatic rings. The molecule has 0 aliphatic heterocycles. The van der Waals surface area contributed by atoms with Crippen molar-refractivity contribution in [3.05, 3.63) is 34.3 Å². The van der Waals surface area contributed by atoms with E-state index in [0.29, 0.717) is 10.4 Å². The lowest BCUT2D eigenvalue weighted by Gasteiger charge is -2.24. The van der Waals surface area contributed by atoms with Crippen molar-refractivity contribution in [1.29, 1.82) is 0 Å². The van der Waals surface area contributed by atoms with Crippen LogP contribution in [0.15, 0.2) is 27.4 Å². The van der Waals surface area contributed by atoms with E-state index in [1.54, 1.807) is 0 Å². The first-order chi connectivity index (χ1) is 9.22. The van der Waals surface area contributed by atoms with Gasteiger partial charge in [-0.2, -0.15) is 0 Å². The zero-order valence-electron chi connectivity index (χ0n) is 10.8. The zero-order chi connectivity index (χ0) is 13.2. The second-order valence-electron chi connectivity index (χ2n) is 5.48. The first-order valence-corrected chi connectivity index (χ1v) is 7.91. The highest BCUT2D eigenvalue weighted by atomic mass is 79.9. The predicted molar refractivity (Wildman–Crippen MR) is 79.7 cm³/mol. The second kappa shape index (κ2) is 5.53. The van der Waals surface area contributed by atoms with Crippen LogP contribution in [0.25, 0.3) is 11.1 Å². The van der Waals surface area contributed by atoms with Crippen LogP contribution in [0.4, 0.5) is 0 Å². The number of hydrogen-bond acceptors (Lipinski definition) is 2. The van der Waals surface area contributed by atoms with Crippen LogP contribution in [0.3, 0.4) is 0 Å². The van der Waals surface area contributed by atoms with Gasteiger partial charge in [-0.25, -0.2) is 4.79 Å². The number of hydrogen-bond donors (Lipinski definition) is 1. The molecule has 1 aliphatic carbocycles. The monoisotopic (exact) mass is 323 g/mol. The smallest absolute Gasteiger partial charge is 0.408 e. The number of fused-ring (bicyclic) bond motifs is 1. The number of nitrogens with one attached hydrogen (secondary N) is 1. The fraction of sp³-hybridized carbons (Fsp3) is 0.533. The van der Waals surface area contributed by atoms with Crippen LogP contribution in [0.2, 0.25) is 0 Å². The van der Waals surface area contributed by atoms with Crippen LogP contribution < -0.4 is 5.76 Å². The van der Waals surface area contributed by atoms with Crippen molar-refractivity contribution in [2.24, 2.45) is 5.92 Å². The van der Waals surface area contributed by atoms with Crippen LogP contribution in [0, 0.1) is 5.92 Å². The molecule has 4 heteroatoms. The number of aromatic amines is 1. The van der Waals surface area contributed by atoms with Crippen LogP contribution in [-0.4, -0.2) is 4.98 Å². The summed E-state index contributed by atoms with van der Waals surface area (Å²) in [4.78, 5) is 14.2. The van der Waals surface area contributed by atoms with Gasteiger partial charge in [-0.05, 0) is 30.0 Å². The van der Waals surface area contributed by atoms with Gasteiger partial charge in [0, 0.05) is 4.83 Å². The first kappa shape index (κ1) is 13.0. The normalized spacial score (nSPS) is 18.8. The minimum atomic E-state index is -0.384. The van der Waals surface area contributed by atoms with E-state index in [4.69, 9.17) is 4.42 Å². The van der Waals surface area contributed by atoms with Crippen LogP contribution in [0.1, 0.15) is 48.9 Å². The molecule has 3 rings (SSSR count). The summed E-state index contributed by atoms with van der Waals surface area (Å²) in [6.07, 6.45) is 8.00. The highest BCUT2D eigenvalue weighted by Gasteiger charge is 2.19. The molecule has 0 saturated heterocycles. The van der Waals surface area contributed by atoms with Gasteiger partial charge < -0.3 is 4.42 Å². The van der Waals surface area contributed by atoms with E-state index in [1.165, 1.54) is 44.1 Å². The third-order valence-corrected chi connectivity index (χ3v) is 4.97. The van der Waals surface area contributed by atoms with E-state index in [-0.39, 0.29) is 5.76 Å². The quantitative estimate of drug-likeness (QED) is 0.843. The van der Waals surface area contributed by atoms with Crippen molar-refractivity contribution in [2.75, 3.05) is 0 Å². The molecule has 19 heavy (non-hydrogen) atoms. The van der Waals surface area contributed by atoms with E-state index in [1.807, 2.05) is 12.1 Å². The molecule has 1 aliphatic rings. The molecule has 1 unspecified atom stereocenters. The lowest BCUT2D eigenvalue weighted by Crippen LogP contribution is -2.08. The van der Waals surface area contributed by atoms with Gasteiger partial charge in [-0.3, -0.25) is 4.98 Å². The summed E-state index contributed by atoms with van der Waals surface area (Å²) in [5.74, 6) is 0.442. The molecule has 1 saturated carbocycles. The summed E-state index contributed by atoms with van der Waals surface area (Å²) in [6.45, 7) is 0. The third-order valence-electron chi connectivity index (χ3n) is 4.07. The van der Waals surface area contributed by atoms with Gasteiger partial charge in [0.15, 0.2) is 5.58 Å². The average molecular weight is 324 g/mol. The van der Waals surface area contributed by atoms with Crippen LogP contribution in [-0.2, 0) is 0 Å². The van der Waals surface area contributed by atoms with Gasteiger partial charge >= 0.3 is 5.76 Å². The molecule has 0 radical (unpaired) electrons. The Balaban J connectivity index is 1.76. The average Bonchev–Trinajstić information content (AvgIpc) is 2.78. The Bertz CT molecular complexity index is 610. The van der Waals surface area contributed by atoms with Crippen molar-refractivity contribution in [3.63, 3.8) is 0 Å². The van der Waals surface area contributed by atoms with E-state index in [0.717, 1.165) is 11.4 Å². The van der Waals surface area contributed by atoms with E-state index < -0.39 is 0 Å². The maximum absolute atomic E-state index is 11.2. The molecule has 3 nitrogen and oxygen atoms in total. The number of rotatable bonds is 3. The molecule has 1 atom stereocenters. The topological polar surface area (TPSA) is 46.0 Å². The Labute approximate surface area is 120 Å². The number of H-pyrrole nitrogens is 1. The summed E-state index contributed by atoms with van der Waals surface area (Å²) in [7, 11) is 0. The molecule has 1 fully saturated rings. The first-order valence-electron chi connectivity index (χ1n) is 6.99. The van der Waals surface area contributed by atoms with Gasteiger partial charge in [0.1, 0.15) is 0 Å². The highest BCUT2D eigenvalue weighted by molar-refractivity contribution is 9.09. The fourth-order valence-electron chi connectivity index (χ4n) is 3.01.